The summed E-state index contributed by atoms with van der Waals surface area (Å²) < 4.78 is 45.1. The minimum Gasteiger partial charge on any atom is -0.386 e. The third-order valence-electron chi connectivity index (χ3n) is 14.9. The number of nitrogens with zero attached hydrogens (tertiary/aromatic N) is 6. The minimum atomic E-state index is -4.69. The number of piperidine rings is 1. The van der Waals surface area contributed by atoms with Crippen molar-refractivity contribution in [1.82, 2.24) is 34.1 Å². The normalized spacial score (nSPS) is 25.5. The zero-order valence-corrected chi connectivity index (χ0v) is 36.9. The molecule has 3 aliphatic carbocycles. The van der Waals surface area contributed by atoms with Crippen LogP contribution in [0.3, 0.4) is 0 Å². The zero-order chi connectivity index (χ0) is 45.3. The average molecular weight is 883 g/mol. The van der Waals surface area contributed by atoms with Gasteiger partial charge < -0.3 is 15.3 Å². The molecular weight excluding hydrogens is 826 g/mol. The number of aryl methyl sites for hydroxylation is 1. The second-order valence-corrected chi connectivity index (χ2v) is 19.8. The number of nitrogens with one attached hydrogen (secondary N) is 2. The van der Waals surface area contributed by atoms with Crippen molar-refractivity contribution >= 4 is 45.3 Å². The highest BCUT2D eigenvalue weighted by atomic mass is 19.4. The number of carbonyl (C=O) groups is 3. The van der Waals surface area contributed by atoms with E-state index in [0.29, 0.717) is 40.8 Å². The fourth-order valence-electron chi connectivity index (χ4n) is 11.5. The van der Waals surface area contributed by atoms with Crippen LogP contribution in [0.1, 0.15) is 130 Å². The molecule has 13 nitrogen and oxygen atoms in total. The molecule has 1 saturated heterocycles. The predicted octanol–water partition coefficient (Wildman–Crippen LogP) is 7.81. The van der Waals surface area contributed by atoms with Gasteiger partial charge in [0.1, 0.15) is 17.4 Å². The number of benzene rings is 2. The molecule has 4 heterocycles. The van der Waals surface area contributed by atoms with Gasteiger partial charge in [0.15, 0.2) is 0 Å². The maximum atomic E-state index is 13.4. The first-order valence-electron chi connectivity index (χ1n) is 22.7. The van der Waals surface area contributed by atoms with E-state index in [4.69, 9.17) is 5.10 Å². The lowest BCUT2D eigenvalue weighted by atomic mass is 9.54. The van der Waals surface area contributed by atoms with E-state index < -0.39 is 35.3 Å². The summed E-state index contributed by atoms with van der Waals surface area (Å²) in [6.45, 7) is 4.23. The number of carbonyl (C=O) groups excluding carboxylic acids is 3. The summed E-state index contributed by atoms with van der Waals surface area (Å²) in [5.74, 6) is -0.380. The Morgan fingerprint density at radius 2 is 1.69 bits per heavy atom. The van der Waals surface area contributed by atoms with Crippen LogP contribution in [0.5, 0.6) is 0 Å². The first-order valence-corrected chi connectivity index (χ1v) is 22.7. The highest BCUT2D eigenvalue weighted by molar-refractivity contribution is 6.04. The molecule has 1 unspecified atom stereocenters. The van der Waals surface area contributed by atoms with Gasteiger partial charge in [-0.25, -0.2) is 9.78 Å². The quantitative estimate of drug-likeness (QED) is 0.120. The van der Waals surface area contributed by atoms with Crippen LogP contribution >= 0.6 is 0 Å². The zero-order valence-electron chi connectivity index (χ0n) is 36.9. The van der Waals surface area contributed by atoms with Crippen LogP contribution < -0.4 is 16.3 Å². The van der Waals surface area contributed by atoms with Crippen LogP contribution in [0.25, 0.3) is 21.9 Å². The third kappa shape index (κ3) is 8.50. The Morgan fingerprint density at radius 1 is 0.969 bits per heavy atom. The van der Waals surface area contributed by atoms with Crippen LogP contribution in [0.15, 0.2) is 59.5 Å². The maximum absolute atomic E-state index is 13.4. The maximum Gasteiger partial charge on any atom is 0.433 e. The molecule has 3 N–H and O–H groups in total. The van der Waals surface area contributed by atoms with Crippen LogP contribution in [0.2, 0.25) is 0 Å². The topological polar surface area (TPSA) is 156 Å². The van der Waals surface area contributed by atoms with Crippen molar-refractivity contribution in [2.45, 2.75) is 127 Å². The van der Waals surface area contributed by atoms with Gasteiger partial charge in [-0.15, -0.1) is 0 Å². The molecule has 1 aliphatic heterocycles. The summed E-state index contributed by atoms with van der Waals surface area (Å²) >= 11 is 0. The summed E-state index contributed by atoms with van der Waals surface area (Å²) in [5.41, 5.74) is 1.37. The summed E-state index contributed by atoms with van der Waals surface area (Å²) in [5, 5.41) is 21.8. The molecule has 4 aliphatic rings. The van der Waals surface area contributed by atoms with Crippen LogP contribution in [0, 0.1) is 17.3 Å². The monoisotopic (exact) mass is 882 g/mol. The standard InChI is InChI=1S/C48H57F3N8O5/c1-46(2,64)34-23-36-31(22-37(34)53-43(61)35-8-6-10-40(52-35)48(49,50)51)27-58(55-36)33-13-11-28(12-14-33)26-56(3)32-17-19-47(20-18-32)24-29(25-47)21-30-7-5-9-38-42(30)57(4)45(63)59(38)39-15-16-41(60)54-44(39)62/h5-10,22-23,27-29,32-33,39,64H,11-21,24-26H2,1-4H3,(H,53,61)(H,54,60,62). The van der Waals surface area contributed by atoms with Crippen molar-refractivity contribution in [1.29, 1.82) is 0 Å². The van der Waals surface area contributed by atoms with E-state index in [1.54, 1.807) is 42.2 Å². The van der Waals surface area contributed by atoms with Gasteiger partial charge in [0.25, 0.3) is 5.91 Å². The van der Waals surface area contributed by atoms with Crippen molar-refractivity contribution in [3.63, 3.8) is 0 Å². The van der Waals surface area contributed by atoms with E-state index in [1.165, 1.54) is 44.6 Å². The molecule has 3 aromatic heterocycles. The highest BCUT2D eigenvalue weighted by Gasteiger charge is 2.46. The van der Waals surface area contributed by atoms with Crippen molar-refractivity contribution in [2.24, 2.45) is 24.3 Å². The van der Waals surface area contributed by atoms with E-state index >= 15 is 0 Å². The number of fused-ring (bicyclic) bond motifs is 2. The van der Waals surface area contributed by atoms with Gasteiger partial charge in [-0.1, -0.05) is 18.2 Å². The lowest BCUT2D eigenvalue weighted by molar-refractivity contribution is -0.141. The van der Waals surface area contributed by atoms with Crippen molar-refractivity contribution in [3.05, 3.63) is 87.7 Å². The second-order valence-electron chi connectivity index (χ2n) is 19.8. The van der Waals surface area contributed by atoms with Gasteiger partial charge >= 0.3 is 11.9 Å². The first-order chi connectivity index (χ1) is 30.4. The molecule has 9 rings (SSSR count). The number of alkyl halides is 3. The number of imidazole rings is 1. The van der Waals surface area contributed by atoms with E-state index in [-0.39, 0.29) is 35.4 Å². The first kappa shape index (κ1) is 43.9. The number of para-hydroxylation sites is 1. The average Bonchev–Trinajstić information content (AvgIpc) is 3.77. The van der Waals surface area contributed by atoms with Gasteiger partial charge in [0.2, 0.25) is 11.8 Å². The fraction of sp³-hybridized carbons (Fsp3) is 0.542. The lowest BCUT2D eigenvalue weighted by Crippen LogP contribution is -2.46. The molecule has 5 aromatic rings. The molecule has 1 atom stereocenters. The molecule has 16 heteroatoms. The van der Waals surface area contributed by atoms with Gasteiger partial charge in [-0.3, -0.25) is 33.5 Å². The number of aromatic nitrogens is 5. The number of imide groups is 1. The predicted molar refractivity (Wildman–Crippen MR) is 236 cm³/mol. The molecule has 340 valence electrons. The molecule has 0 radical (unpaired) electrons. The van der Waals surface area contributed by atoms with Gasteiger partial charge in [0, 0.05) is 48.9 Å². The number of pyridine rings is 1. The Labute approximate surface area is 369 Å². The Balaban J connectivity index is 0.770. The minimum absolute atomic E-state index is 0.204. The van der Waals surface area contributed by atoms with E-state index in [2.05, 4.69) is 33.6 Å². The Hall–Kier alpha value is -5.35. The number of hydrogen-bond acceptors (Lipinski definition) is 8. The van der Waals surface area contributed by atoms with Gasteiger partial charge in [-0.2, -0.15) is 18.3 Å². The van der Waals surface area contributed by atoms with Crippen molar-refractivity contribution in [3.8, 4) is 0 Å². The van der Waals surface area contributed by atoms with Crippen molar-refractivity contribution in [2.75, 3.05) is 18.9 Å². The molecule has 1 spiro atoms. The van der Waals surface area contributed by atoms with Crippen LogP contribution in [-0.2, 0) is 34.8 Å². The largest absolute Gasteiger partial charge is 0.433 e. The Bertz CT molecular complexity index is 2670. The van der Waals surface area contributed by atoms with Gasteiger partial charge in [0.05, 0.1) is 28.2 Å². The van der Waals surface area contributed by atoms with Gasteiger partial charge in [-0.05, 0) is 151 Å². The van der Waals surface area contributed by atoms with E-state index in [9.17, 15) is 37.5 Å². The van der Waals surface area contributed by atoms with E-state index in [0.717, 1.165) is 72.8 Å². The number of anilines is 1. The number of rotatable bonds is 10. The second kappa shape index (κ2) is 16.6. The third-order valence-corrected chi connectivity index (χ3v) is 14.9. The smallest absolute Gasteiger partial charge is 0.386 e. The number of hydrogen-bond donors (Lipinski definition) is 3. The summed E-state index contributed by atoms with van der Waals surface area (Å²) in [7, 11) is 4.06. The molecule has 64 heavy (non-hydrogen) atoms. The number of halogens is 3. The molecular formula is C48H57F3N8O5. The van der Waals surface area contributed by atoms with Crippen LogP contribution in [-0.4, -0.2) is 71.3 Å². The number of amides is 3. The summed E-state index contributed by atoms with van der Waals surface area (Å²) in [6.07, 6.45) is 10.1. The Kier molecular flexibility index (Phi) is 11.4. The fourth-order valence-corrected chi connectivity index (χ4v) is 11.5. The summed E-state index contributed by atoms with van der Waals surface area (Å²) in [6, 6.07) is 12.7. The highest BCUT2D eigenvalue weighted by Crippen LogP contribution is 2.56. The lowest BCUT2D eigenvalue weighted by Gasteiger charge is -2.53. The van der Waals surface area contributed by atoms with Crippen LogP contribution in [0.4, 0.5) is 18.9 Å². The number of aliphatic hydroxyl groups is 1. The molecule has 2 aromatic carbocycles. The van der Waals surface area contributed by atoms with Crippen molar-refractivity contribution < 1.29 is 32.7 Å². The Morgan fingerprint density at radius 3 is 2.38 bits per heavy atom. The summed E-state index contributed by atoms with van der Waals surface area (Å²) in [4.78, 5) is 57.2. The molecule has 4 fully saturated rings. The molecule has 3 saturated carbocycles. The molecule has 0 bridgehead atoms. The SMILES string of the molecule is CN(CC1CCC(n2cc3cc(NC(=O)c4cccc(C(F)(F)F)n4)c(C(C)(C)O)cc3n2)CC1)C1CCC2(CC1)CC(Cc1cccc3c1n(C)c(=O)n3C1CCC(=O)NC1=O)C2. The van der Waals surface area contributed by atoms with E-state index in [1.807, 2.05) is 23.0 Å². The molecule has 3 amide bonds.